The number of hydrogen-bond donors (Lipinski definition) is 0. The van der Waals surface area contributed by atoms with Crippen LogP contribution in [-0.2, 0) is 4.79 Å². The zero-order chi connectivity index (χ0) is 18.6. The third kappa shape index (κ3) is 4.15. The van der Waals surface area contributed by atoms with E-state index < -0.39 is 0 Å². The van der Waals surface area contributed by atoms with Crippen LogP contribution in [0.25, 0.3) is 0 Å². The van der Waals surface area contributed by atoms with Crippen molar-refractivity contribution in [3.8, 4) is 0 Å². The van der Waals surface area contributed by atoms with Crippen LogP contribution in [0.15, 0.2) is 24.4 Å². The van der Waals surface area contributed by atoms with Gasteiger partial charge in [0, 0.05) is 45.0 Å². The van der Waals surface area contributed by atoms with Crippen LogP contribution in [-0.4, -0.2) is 76.8 Å². The van der Waals surface area contributed by atoms with E-state index in [1.54, 1.807) is 12.3 Å². The molecule has 6 nitrogen and oxygen atoms in total. The second-order valence-electron chi connectivity index (χ2n) is 8.10. The quantitative estimate of drug-likeness (QED) is 0.817. The van der Waals surface area contributed by atoms with Gasteiger partial charge in [-0.15, -0.1) is 0 Å². The van der Waals surface area contributed by atoms with Crippen LogP contribution in [0, 0.1) is 5.92 Å². The number of likely N-dealkylation sites (tertiary alicyclic amines) is 3. The summed E-state index contributed by atoms with van der Waals surface area (Å²) >= 11 is 0. The summed E-state index contributed by atoms with van der Waals surface area (Å²) in [7, 11) is 0. The minimum atomic E-state index is 0.0368. The SMILES string of the molecule is O=C(c1ccccn1)N1CCC(N2CCCC(C(=O)N3CCCC3)C2)CC1. The highest BCUT2D eigenvalue weighted by atomic mass is 16.2. The molecular formula is C21H30N4O2. The molecule has 27 heavy (non-hydrogen) atoms. The Morgan fingerprint density at radius 1 is 0.889 bits per heavy atom. The molecule has 4 rings (SSSR count). The highest BCUT2D eigenvalue weighted by Crippen LogP contribution is 2.26. The number of amides is 2. The van der Waals surface area contributed by atoms with Gasteiger partial charge < -0.3 is 9.80 Å². The molecule has 0 aromatic carbocycles. The molecule has 1 aromatic heterocycles. The van der Waals surface area contributed by atoms with Gasteiger partial charge in [0.05, 0.1) is 5.92 Å². The fourth-order valence-corrected chi connectivity index (χ4v) is 4.82. The van der Waals surface area contributed by atoms with Crippen LogP contribution in [0.4, 0.5) is 0 Å². The Kier molecular flexibility index (Phi) is 5.72. The maximum absolute atomic E-state index is 12.8. The molecule has 3 saturated heterocycles. The van der Waals surface area contributed by atoms with Gasteiger partial charge in [-0.2, -0.15) is 0 Å². The molecule has 0 N–H and O–H groups in total. The summed E-state index contributed by atoms with van der Waals surface area (Å²) in [5, 5.41) is 0. The van der Waals surface area contributed by atoms with Crippen molar-refractivity contribution in [3.63, 3.8) is 0 Å². The molecule has 1 atom stereocenters. The molecule has 3 aliphatic heterocycles. The smallest absolute Gasteiger partial charge is 0.272 e. The van der Waals surface area contributed by atoms with E-state index in [0.717, 1.165) is 77.8 Å². The summed E-state index contributed by atoms with van der Waals surface area (Å²) in [6.07, 6.45) is 8.10. The number of carbonyl (C=O) groups is 2. The van der Waals surface area contributed by atoms with E-state index in [1.165, 1.54) is 0 Å². The molecular weight excluding hydrogens is 340 g/mol. The van der Waals surface area contributed by atoms with E-state index in [4.69, 9.17) is 0 Å². The summed E-state index contributed by atoms with van der Waals surface area (Å²) in [5.74, 6) is 0.583. The first kappa shape index (κ1) is 18.4. The van der Waals surface area contributed by atoms with Gasteiger partial charge in [0.2, 0.25) is 5.91 Å². The van der Waals surface area contributed by atoms with Crippen molar-refractivity contribution >= 4 is 11.8 Å². The molecule has 146 valence electrons. The lowest BCUT2D eigenvalue weighted by atomic mass is 9.93. The molecule has 4 heterocycles. The van der Waals surface area contributed by atoms with Crippen molar-refractivity contribution in [2.24, 2.45) is 5.92 Å². The molecule has 2 amide bonds. The number of pyridine rings is 1. The predicted molar refractivity (Wildman–Crippen MR) is 103 cm³/mol. The summed E-state index contributed by atoms with van der Waals surface area (Å²) in [4.78, 5) is 36.0. The Labute approximate surface area is 161 Å². The van der Waals surface area contributed by atoms with Gasteiger partial charge in [-0.05, 0) is 57.2 Å². The van der Waals surface area contributed by atoms with Crippen LogP contribution in [0.3, 0.4) is 0 Å². The number of rotatable bonds is 3. The number of hydrogen-bond acceptors (Lipinski definition) is 4. The van der Waals surface area contributed by atoms with Gasteiger partial charge in [0.25, 0.3) is 5.91 Å². The van der Waals surface area contributed by atoms with E-state index in [0.29, 0.717) is 17.6 Å². The van der Waals surface area contributed by atoms with Gasteiger partial charge >= 0.3 is 0 Å². The first-order valence-electron chi connectivity index (χ1n) is 10.5. The second-order valence-corrected chi connectivity index (χ2v) is 8.10. The number of carbonyl (C=O) groups excluding carboxylic acids is 2. The van der Waals surface area contributed by atoms with E-state index in [2.05, 4.69) is 14.8 Å². The van der Waals surface area contributed by atoms with Crippen LogP contribution >= 0.6 is 0 Å². The molecule has 0 radical (unpaired) electrons. The summed E-state index contributed by atoms with van der Waals surface area (Å²) in [5.41, 5.74) is 0.533. The third-order valence-corrected chi connectivity index (χ3v) is 6.37. The lowest BCUT2D eigenvalue weighted by molar-refractivity contribution is -0.136. The van der Waals surface area contributed by atoms with Crippen molar-refractivity contribution in [1.82, 2.24) is 19.7 Å². The molecule has 0 saturated carbocycles. The van der Waals surface area contributed by atoms with Gasteiger partial charge in [-0.3, -0.25) is 19.5 Å². The van der Waals surface area contributed by atoms with Crippen LogP contribution in [0.5, 0.6) is 0 Å². The fourth-order valence-electron chi connectivity index (χ4n) is 4.82. The Hall–Kier alpha value is -1.95. The maximum atomic E-state index is 12.8. The molecule has 1 aromatic rings. The van der Waals surface area contributed by atoms with Crippen LogP contribution in [0.1, 0.15) is 49.0 Å². The van der Waals surface area contributed by atoms with Gasteiger partial charge in [-0.25, -0.2) is 0 Å². The lowest BCUT2D eigenvalue weighted by Gasteiger charge is -2.42. The third-order valence-electron chi connectivity index (χ3n) is 6.37. The molecule has 6 heteroatoms. The van der Waals surface area contributed by atoms with Crippen molar-refractivity contribution in [3.05, 3.63) is 30.1 Å². The van der Waals surface area contributed by atoms with Crippen molar-refractivity contribution in [2.45, 2.75) is 44.6 Å². The fraction of sp³-hybridized carbons (Fsp3) is 0.667. The van der Waals surface area contributed by atoms with E-state index >= 15 is 0 Å². The Morgan fingerprint density at radius 2 is 1.67 bits per heavy atom. The van der Waals surface area contributed by atoms with Crippen molar-refractivity contribution in [2.75, 3.05) is 39.3 Å². The molecule has 3 fully saturated rings. The highest BCUT2D eigenvalue weighted by molar-refractivity contribution is 5.92. The first-order chi connectivity index (χ1) is 13.2. The number of piperidine rings is 2. The minimum absolute atomic E-state index is 0.0368. The molecule has 0 bridgehead atoms. The van der Waals surface area contributed by atoms with Crippen molar-refractivity contribution in [1.29, 1.82) is 0 Å². The average Bonchev–Trinajstić information content (AvgIpc) is 3.28. The zero-order valence-corrected chi connectivity index (χ0v) is 16.1. The van der Waals surface area contributed by atoms with E-state index in [-0.39, 0.29) is 11.8 Å². The topological polar surface area (TPSA) is 56.8 Å². The molecule has 0 aliphatic carbocycles. The second kappa shape index (κ2) is 8.38. The predicted octanol–water partition coefficient (Wildman–Crippen LogP) is 2.02. The number of aromatic nitrogens is 1. The van der Waals surface area contributed by atoms with Gasteiger partial charge in [0.15, 0.2) is 0 Å². The van der Waals surface area contributed by atoms with E-state index in [9.17, 15) is 9.59 Å². The normalized spacial score (nSPS) is 25.0. The molecule has 0 spiro atoms. The Balaban J connectivity index is 1.30. The zero-order valence-electron chi connectivity index (χ0n) is 16.1. The van der Waals surface area contributed by atoms with Gasteiger partial charge in [-0.1, -0.05) is 6.07 Å². The van der Waals surface area contributed by atoms with Crippen LogP contribution < -0.4 is 0 Å². The number of nitrogens with zero attached hydrogens (tertiary/aromatic N) is 4. The standard InChI is InChI=1S/C21H30N4O2/c26-20(23-11-3-4-12-23)17-6-5-13-25(16-17)18-8-14-24(15-9-18)21(27)19-7-1-2-10-22-19/h1-2,7,10,17-18H,3-6,8-9,11-16H2. The summed E-state index contributed by atoms with van der Waals surface area (Å²) < 4.78 is 0. The highest BCUT2D eigenvalue weighted by Gasteiger charge is 2.34. The maximum Gasteiger partial charge on any atom is 0.272 e. The van der Waals surface area contributed by atoms with Gasteiger partial charge in [0.1, 0.15) is 5.69 Å². The minimum Gasteiger partial charge on any atom is -0.342 e. The Bertz CT molecular complexity index is 651. The monoisotopic (exact) mass is 370 g/mol. The molecule has 3 aliphatic rings. The first-order valence-corrected chi connectivity index (χ1v) is 10.5. The largest absolute Gasteiger partial charge is 0.342 e. The summed E-state index contributed by atoms with van der Waals surface area (Å²) in [6.45, 7) is 5.44. The van der Waals surface area contributed by atoms with Crippen molar-refractivity contribution < 1.29 is 9.59 Å². The molecule has 1 unspecified atom stereocenters. The summed E-state index contributed by atoms with van der Waals surface area (Å²) in [6, 6.07) is 5.97. The van der Waals surface area contributed by atoms with E-state index in [1.807, 2.05) is 17.0 Å². The lowest BCUT2D eigenvalue weighted by Crippen LogP contribution is -2.51. The Morgan fingerprint density at radius 3 is 2.37 bits per heavy atom. The average molecular weight is 370 g/mol. The van der Waals surface area contributed by atoms with Crippen LogP contribution in [0.2, 0.25) is 0 Å².